The van der Waals surface area contributed by atoms with Crippen LogP contribution < -0.4 is 0 Å². The predicted octanol–water partition coefficient (Wildman–Crippen LogP) is 1.09. The third kappa shape index (κ3) is 2.20. The lowest BCUT2D eigenvalue weighted by Crippen LogP contribution is -2.34. The first-order valence-corrected chi connectivity index (χ1v) is 5.36. The van der Waals surface area contributed by atoms with Crippen molar-refractivity contribution >= 4 is 17.5 Å². The summed E-state index contributed by atoms with van der Waals surface area (Å²) < 4.78 is 0. The fourth-order valence-corrected chi connectivity index (χ4v) is 2.06. The Morgan fingerprint density at radius 1 is 1.71 bits per heavy atom. The molecule has 14 heavy (non-hydrogen) atoms. The summed E-state index contributed by atoms with van der Waals surface area (Å²) in [4.78, 5) is 13.4. The van der Waals surface area contributed by atoms with E-state index in [4.69, 9.17) is 16.7 Å². The fraction of sp³-hybridized carbons (Fsp3) is 0.900. The number of aliphatic hydroxyl groups is 1. The molecule has 1 aliphatic rings. The summed E-state index contributed by atoms with van der Waals surface area (Å²) in [5.41, 5.74) is -0.00378. The van der Waals surface area contributed by atoms with E-state index in [1.54, 1.807) is 11.8 Å². The highest BCUT2D eigenvalue weighted by atomic mass is 35.5. The number of rotatable bonds is 2. The van der Waals surface area contributed by atoms with Crippen molar-refractivity contribution in [2.24, 2.45) is 11.3 Å². The van der Waals surface area contributed by atoms with Crippen LogP contribution in [0.4, 0.5) is 0 Å². The van der Waals surface area contributed by atoms with Crippen molar-refractivity contribution in [3.05, 3.63) is 0 Å². The second-order valence-corrected chi connectivity index (χ2v) is 5.36. The maximum atomic E-state index is 11.6. The van der Waals surface area contributed by atoms with Crippen LogP contribution in [0.5, 0.6) is 0 Å². The van der Waals surface area contributed by atoms with Crippen LogP contribution in [0.1, 0.15) is 20.8 Å². The molecule has 3 nitrogen and oxygen atoms in total. The largest absolute Gasteiger partial charge is 0.396 e. The number of halogens is 1. The zero-order valence-corrected chi connectivity index (χ0v) is 9.71. The van der Waals surface area contributed by atoms with Gasteiger partial charge in [-0.2, -0.15) is 0 Å². The van der Waals surface area contributed by atoms with Gasteiger partial charge in [0.1, 0.15) is 5.38 Å². The van der Waals surface area contributed by atoms with Crippen LogP contribution in [0, 0.1) is 11.3 Å². The maximum absolute atomic E-state index is 11.6. The maximum Gasteiger partial charge on any atom is 0.240 e. The smallest absolute Gasteiger partial charge is 0.240 e. The zero-order chi connectivity index (χ0) is 10.9. The molecular formula is C10H18ClNO2. The normalized spacial score (nSPS) is 27.8. The van der Waals surface area contributed by atoms with Gasteiger partial charge in [-0.05, 0) is 12.3 Å². The number of alkyl halides is 1. The average molecular weight is 220 g/mol. The molecule has 2 atom stereocenters. The molecule has 0 aromatic carbocycles. The summed E-state index contributed by atoms with van der Waals surface area (Å²) >= 11 is 5.74. The van der Waals surface area contributed by atoms with Gasteiger partial charge in [-0.1, -0.05) is 13.8 Å². The molecular weight excluding hydrogens is 202 g/mol. The Bertz CT molecular complexity index is 228. The second kappa shape index (κ2) is 4.07. The molecule has 1 rings (SSSR count). The Hall–Kier alpha value is -0.280. The molecule has 0 bridgehead atoms. The first-order chi connectivity index (χ1) is 6.38. The zero-order valence-electron chi connectivity index (χ0n) is 8.96. The summed E-state index contributed by atoms with van der Waals surface area (Å²) in [6.45, 7) is 7.27. The SMILES string of the molecule is C[C@H](Cl)C(=O)N1C[C@H](CO)C(C)(C)C1. The first-order valence-electron chi connectivity index (χ1n) is 4.92. The van der Waals surface area contributed by atoms with Crippen LogP contribution in [-0.2, 0) is 4.79 Å². The molecule has 4 heteroatoms. The van der Waals surface area contributed by atoms with Crippen molar-refractivity contribution in [3.8, 4) is 0 Å². The lowest BCUT2D eigenvalue weighted by atomic mass is 9.83. The predicted molar refractivity (Wildman–Crippen MR) is 56.3 cm³/mol. The molecule has 1 aliphatic heterocycles. The van der Waals surface area contributed by atoms with Crippen LogP contribution in [0.2, 0.25) is 0 Å². The summed E-state index contributed by atoms with van der Waals surface area (Å²) in [5.74, 6) is 0.137. The number of amides is 1. The molecule has 1 saturated heterocycles. The standard InChI is InChI=1S/C10H18ClNO2/c1-7(11)9(14)12-4-8(5-13)10(2,3)6-12/h7-8,13H,4-6H2,1-3H3/t7-,8+/m0/s1. The Kier molecular flexibility index (Phi) is 3.43. The van der Waals surface area contributed by atoms with Gasteiger partial charge >= 0.3 is 0 Å². The third-order valence-corrected chi connectivity index (χ3v) is 3.20. The highest BCUT2D eigenvalue weighted by molar-refractivity contribution is 6.30. The molecule has 0 saturated carbocycles. The highest BCUT2D eigenvalue weighted by Crippen LogP contribution is 2.35. The van der Waals surface area contributed by atoms with Gasteiger partial charge in [0.2, 0.25) is 5.91 Å². The number of carbonyl (C=O) groups excluding carboxylic acids is 1. The molecule has 0 unspecified atom stereocenters. The van der Waals surface area contributed by atoms with Crippen LogP contribution in [0.15, 0.2) is 0 Å². The molecule has 0 radical (unpaired) electrons. The van der Waals surface area contributed by atoms with E-state index in [1.807, 2.05) is 0 Å². The van der Waals surface area contributed by atoms with Gasteiger partial charge in [0.15, 0.2) is 0 Å². The van der Waals surface area contributed by atoms with Crippen molar-refractivity contribution in [3.63, 3.8) is 0 Å². The molecule has 0 aromatic rings. The van der Waals surface area contributed by atoms with Gasteiger partial charge in [0.25, 0.3) is 0 Å². The molecule has 0 aromatic heterocycles. The number of hydrogen-bond donors (Lipinski definition) is 1. The first kappa shape index (κ1) is 11.8. The lowest BCUT2D eigenvalue weighted by molar-refractivity contribution is -0.129. The van der Waals surface area contributed by atoms with E-state index < -0.39 is 5.38 Å². The minimum Gasteiger partial charge on any atom is -0.396 e. The van der Waals surface area contributed by atoms with E-state index in [-0.39, 0.29) is 23.8 Å². The highest BCUT2D eigenvalue weighted by Gasteiger charge is 2.41. The Labute approximate surface area is 90.0 Å². The van der Waals surface area contributed by atoms with Gasteiger partial charge in [-0.3, -0.25) is 4.79 Å². The Morgan fingerprint density at radius 3 is 2.64 bits per heavy atom. The summed E-state index contributed by atoms with van der Waals surface area (Å²) in [6, 6.07) is 0. The van der Waals surface area contributed by atoms with Gasteiger partial charge in [-0.15, -0.1) is 11.6 Å². The van der Waals surface area contributed by atoms with E-state index >= 15 is 0 Å². The van der Waals surface area contributed by atoms with Crippen molar-refractivity contribution in [2.45, 2.75) is 26.1 Å². The number of hydrogen-bond acceptors (Lipinski definition) is 2. The van der Waals surface area contributed by atoms with Crippen molar-refractivity contribution in [1.82, 2.24) is 4.90 Å². The number of aliphatic hydroxyl groups excluding tert-OH is 1. The van der Waals surface area contributed by atoms with E-state index in [9.17, 15) is 4.79 Å². The fourth-order valence-electron chi connectivity index (χ4n) is 1.92. The van der Waals surface area contributed by atoms with Crippen LogP contribution in [-0.4, -0.2) is 41.0 Å². The van der Waals surface area contributed by atoms with Crippen molar-refractivity contribution in [2.75, 3.05) is 19.7 Å². The van der Waals surface area contributed by atoms with Gasteiger partial charge in [0, 0.05) is 25.6 Å². The minimum atomic E-state index is -0.469. The van der Waals surface area contributed by atoms with Gasteiger partial charge in [-0.25, -0.2) is 0 Å². The van der Waals surface area contributed by atoms with E-state index in [0.29, 0.717) is 13.1 Å². The summed E-state index contributed by atoms with van der Waals surface area (Å²) in [5, 5.41) is 8.70. The van der Waals surface area contributed by atoms with Crippen LogP contribution >= 0.6 is 11.6 Å². The number of likely N-dealkylation sites (tertiary alicyclic amines) is 1. The quantitative estimate of drug-likeness (QED) is 0.707. The molecule has 1 heterocycles. The van der Waals surface area contributed by atoms with Crippen LogP contribution in [0.3, 0.4) is 0 Å². The molecule has 1 amide bonds. The van der Waals surface area contributed by atoms with E-state index in [2.05, 4.69) is 13.8 Å². The Morgan fingerprint density at radius 2 is 2.29 bits per heavy atom. The van der Waals surface area contributed by atoms with Gasteiger partial charge in [0.05, 0.1) is 0 Å². The molecule has 0 aliphatic carbocycles. The molecule has 1 fully saturated rings. The summed E-state index contributed by atoms with van der Waals surface area (Å²) in [7, 11) is 0. The molecule has 1 N–H and O–H groups in total. The lowest BCUT2D eigenvalue weighted by Gasteiger charge is -2.23. The molecule has 0 spiro atoms. The second-order valence-electron chi connectivity index (χ2n) is 4.70. The van der Waals surface area contributed by atoms with Gasteiger partial charge < -0.3 is 10.0 Å². The minimum absolute atomic E-state index is 0.00378. The monoisotopic (exact) mass is 219 g/mol. The summed E-state index contributed by atoms with van der Waals surface area (Å²) in [6.07, 6.45) is 0. The Balaban J connectivity index is 2.67. The van der Waals surface area contributed by atoms with E-state index in [1.165, 1.54) is 0 Å². The average Bonchev–Trinajstić information content (AvgIpc) is 2.39. The number of nitrogens with zero attached hydrogens (tertiary/aromatic N) is 1. The molecule has 82 valence electrons. The topological polar surface area (TPSA) is 40.5 Å². The third-order valence-electron chi connectivity index (χ3n) is 3.02. The van der Waals surface area contributed by atoms with Crippen molar-refractivity contribution < 1.29 is 9.90 Å². The number of carbonyl (C=O) groups is 1. The van der Waals surface area contributed by atoms with Crippen LogP contribution in [0.25, 0.3) is 0 Å². The van der Waals surface area contributed by atoms with E-state index in [0.717, 1.165) is 0 Å². The van der Waals surface area contributed by atoms with Crippen molar-refractivity contribution in [1.29, 1.82) is 0 Å².